The Kier molecular flexibility index (Phi) is 6.79. The highest BCUT2D eigenvalue weighted by Gasteiger charge is 2.22. The van der Waals surface area contributed by atoms with Crippen LogP contribution in [0.1, 0.15) is 18.9 Å². The van der Waals surface area contributed by atoms with Gasteiger partial charge in [-0.15, -0.1) is 0 Å². The largest absolute Gasteiger partial charge is 0.481 e. The standard InChI is InChI=1S/C14H16O5S/c1-10(15)20-9-12(14(17)18)7-13(16)19-8-11-5-3-2-4-6-11/h2-6,12H,7-9H2,1H3,(H,17,18). The molecular formula is C14H16O5S. The van der Waals surface area contributed by atoms with E-state index in [0.717, 1.165) is 17.3 Å². The molecule has 0 aliphatic carbocycles. The van der Waals surface area contributed by atoms with Crippen LogP contribution in [-0.4, -0.2) is 27.9 Å². The van der Waals surface area contributed by atoms with Crippen LogP contribution in [0.3, 0.4) is 0 Å². The molecule has 0 saturated heterocycles. The van der Waals surface area contributed by atoms with E-state index in [1.165, 1.54) is 6.92 Å². The zero-order valence-corrected chi connectivity index (χ0v) is 11.9. The molecule has 0 bridgehead atoms. The van der Waals surface area contributed by atoms with Crippen LogP contribution in [0.25, 0.3) is 0 Å². The molecule has 0 saturated carbocycles. The number of carbonyl (C=O) groups excluding carboxylic acids is 2. The van der Waals surface area contributed by atoms with Crippen molar-refractivity contribution in [2.45, 2.75) is 20.0 Å². The summed E-state index contributed by atoms with van der Waals surface area (Å²) < 4.78 is 5.02. The van der Waals surface area contributed by atoms with E-state index in [4.69, 9.17) is 9.84 Å². The monoisotopic (exact) mass is 296 g/mol. The Bertz CT molecular complexity index is 472. The second kappa shape index (κ2) is 8.37. The molecule has 0 aromatic heterocycles. The van der Waals surface area contributed by atoms with Crippen molar-refractivity contribution in [3.05, 3.63) is 35.9 Å². The van der Waals surface area contributed by atoms with E-state index in [1.807, 2.05) is 30.3 Å². The number of hydrogen-bond acceptors (Lipinski definition) is 5. The van der Waals surface area contributed by atoms with Crippen molar-refractivity contribution in [3.63, 3.8) is 0 Å². The van der Waals surface area contributed by atoms with Gasteiger partial charge in [0, 0.05) is 12.7 Å². The summed E-state index contributed by atoms with van der Waals surface area (Å²) >= 11 is 0.897. The lowest BCUT2D eigenvalue weighted by atomic mass is 10.1. The van der Waals surface area contributed by atoms with Crippen LogP contribution in [0.4, 0.5) is 0 Å². The van der Waals surface area contributed by atoms with Crippen molar-refractivity contribution in [2.24, 2.45) is 5.92 Å². The Morgan fingerprint density at radius 1 is 1.25 bits per heavy atom. The lowest BCUT2D eigenvalue weighted by Crippen LogP contribution is -2.22. The first-order valence-corrected chi connectivity index (χ1v) is 7.03. The van der Waals surface area contributed by atoms with Gasteiger partial charge in [-0.3, -0.25) is 14.4 Å². The number of rotatable bonds is 7. The zero-order valence-electron chi connectivity index (χ0n) is 11.1. The minimum absolute atomic E-state index is 0.0745. The van der Waals surface area contributed by atoms with Crippen LogP contribution in [0, 0.1) is 5.92 Å². The fourth-order valence-electron chi connectivity index (χ4n) is 1.43. The van der Waals surface area contributed by atoms with Crippen LogP contribution in [0.2, 0.25) is 0 Å². The SMILES string of the molecule is CC(=O)SCC(CC(=O)OCc1ccccc1)C(=O)O. The van der Waals surface area contributed by atoms with Gasteiger partial charge in [0.1, 0.15) is 6.61 Å². The quantitative estimate of drug-likeness (QED) is 0.776. The molecule has 108 valence electrons. The first kappa shape index (κ1) is 16.2. The number of ether oxygens (including phenoxy) is 1. The molecule has 0 amide bonds. The number of benzene rings is 1. The smallest absolute Gasteiger partial charge is 0.307 e. The maximum absolute atomic E-state index is 11.6. The Hall–Kier alpha value is -1.82. The number of hydrogen-bond donors (Lipinski definition) is 1. The molecule has 1 N–H and O–H groups in total. The Morgan fingerprint density at radius 3 is 2.45 bits per heavy atom. The molecule has 6 heteroatoms. The summed E-state index contributed by atoms with van der Waals surface area (Å²) in [5, 5.41) is 8.82. The lowest BCUT2D eigenvalue weighted by Gasteiger charge is -2.10. The van der Waals surface area contributed by atoms with E-state index < -0.39 is 17.9 Å². The molecule has 1 aromatic rings. The van der Waals surface area contributed by atoms with Crippen molar-refractivity contribution >= 4 is 28.8 Å². The highest BCUT2D eigenvalue weighted by atomic mass is 32.2. The van der Waals surface area contributed by atoms with Gasteiger partial charge < -0.3 is 9.84 Å². The van der Waals surface area contributed by atoms with Crippen LogP contribution in [-0.2, 0) is 25.7 Å². The van der Waals surface area contributed by atoms with E-state index >= 15 is 0 Å². The summed E-state index contributed by atoms with van der Waals surface area (Å²) in [4.78, 5) is 33.4. The predicted octanol–water partition coefficient (Wildman–Crippen LogP) is 2.10. The van der Waals surface area contributed by atoms with Gasteiger partial charge in [-0.25, -0.2) is 0 Å². The summed E-state index contributed by atoms with van der Waals surface area (Å²) in [6, 6.07) is 9.13. The van der Waals surface area contributed by atoms with E-state index in [0.29, 0.717) is 0 Å². The summed E-state index contributed by atoms with van der Waals surface area (Å²) in [6.45, 7) is 1.48. The minimum Gasteiger partial charge on any atom is -0.481 e. The number of thioether (sulfide) groups is 1. The molecule has 5 nitrogen and oxygen atoms in total. The second-order valence-electron chi connectivity index (χ2n) is 4.19. The predicted molar refractivity (Wildman–Crippen MR) is 75.1 cm³/mol. The van der Waals surface area contributed by atoms with E-state index in [2.05, 4.69) is 0 Å². The molecule has 1 aromatic carbocycles. The van der Waals surface area contributed by atoms with Gasteiger partial charge in [-0.1, -0.05) is 42.1 Å². The average molecular weight is 296 g/mol. The van der Waals surface area contributed by atoms with Gasteiger partial charge in [-0.2, -0.15) is 0 Å². The average Bonchev–Trinajstić information content (AvgIpc) is 2.41. The Labute approximate surface area is 121 Å². The maximum Gasteiger partial charge on any atom is 0.307 e. The van der Waals surface area contributed by atoms with Gasteiger partial charge in [0.05, 0.1) is 12.3 Å². The molecule has 20 heavy (non-hydrogen) atoms. The van der Waals surface area contributed by atoms with Crippen molar-refractivity contribution in [3.8, 4) is 0 Å². The number of carboxylic acids is 1. The van der Waals surface area contributed by atoms with E-state index in [9.17, 15) is 14.4 Å². The molecule has 0 radical (unpaired) electrons. The van der Waals surface area contributed by atoms with Crippen molar-refractivity contribution in [1.82, 2.24) is 0 Å². The first-order valence-electron chi connectivity index (χ1n) is 6.04. The van der Waals surface area contributed by atoms with Crippen LogP contribution in [0.15, 0.2) is 30.3 Å². The van der Waals surface area contributed by atoms with Gasteiger partial charge in [0.25, 0.3) is 0 Å². The molecule has 1 atom stereocenters. The third-order valence-corrected chi connectivity index (χ3v) is 3.47. The van der Waals surface area contributed by atoms with Gasteiger partial charge in [0.2, 0.25) is 0 Å². The molecular weight excluding hydrogens is 280 g/mol. The molecule has 0 aliphatic rings. The summed E-state index contributed by atoms with van der Waals surface area (Å²) in [7, 11) is 0. The van der Waals surface area contributed by atoms with Gasteiger partial charge in [0.15, 0.2) is 5.12 Å². The minimum atomic E-state index is -1.10. The molecule has 1 unspecified atom stereocenters. The van der Waals surface area contributed by atoms with Crippen molar-refractivity contribution < 1.29 is 24.2 Å². The maximum atomic E-state index is 11.6. The summed E-state index contributed by atoms with van der Waals surface area (Å²) in [5.74, 6) is -2.52. The zero-order chi connectivity index (χ0) is 15.0. The highest BCUT2D eigenvalue weighted by Crippen LogP contribution is 2.15. The molecule has 0 aliphatic heterocycles. The fraction of sp³-hybridized carbons (Fsp3) is 0.357. The second-order valence-corrected chi connectivity index (χ2v) is 5.39. The number of aliphatic carboxylic acids is 1. The van der Waals surface area contributed by atoms with Crippen LogP contribution < -0.4 is 0 Å². The Morgan fingerprint density at radius 2 is 1.90 bits per heavy atom. The third-order valence-electron chi connectivity index (χ3n) is 2.49. The number of esters is 1. The lowest BCUT2D eigenvalue weighted by molar-refractivity contribution is -0.151. The fourth-order valence-corrected chi connectivity index (χ4v) is 2.13. The molecule has 1 rings (SSSR count). The van der Waals surface area contributed by atoms with Crippen LogP contribution >= 0.6 is 11.8 Å². The van der Waals surface area contributed by atoms with Crippen molar-refractivity contribution in [1.29, 1.82) is 0 Å². The normalized spacial score (nSPS) is 11.7. The first-order chi connectivity index (χ1) is 9.49. The van der Waals surface area contributed by atoms with Gasteiger partial charge >= 0.3 is 11.9 Å². The van der Waals surface area contributed by atoms with Crippen LogP contribution in [0.5, 0.6) is 0 Å². The Balaban J connectivity index is 2.41. The highest BCUT2D eigenvalue weighted by molar-refractivity contribution is 8.13. The molecule has 0 spiro atoms. The topological polar surface area (TPSA) is 80.7 Å². The number of carboxylic acid groups (broad SMARTS) is 1. The third kappa shape index (κ3) is 6.38. The van der Waals surface area contributed by atoms with E-state index in [1.54, 1.807) is 0 Å². The molecule has 0 heterocycles. The van der Waals surface area contributed by atoms with E-state index in [-0.39, 0.29) is 23.9 Å². The molecule has 0 fully saturated rings. The van der Waals surface area contributed by atoms with Crippen molar-refractivity contribution in [2.75, 3.05) is 5.75 Å². The van der Waals surface area contributed by atoms with Gasteiger partial charge in [-0.05, 0) is 5.56 Å². The summed E-state index contributed by atoms with van der Waals surface area (Å²) in [5.41, 5.74) is 0.839. The summed E-state index contributed by atoms with van der Waals surface area (Å²) in [6.07, 6.45) is -0.234. The number of carbonyl (C=O) groups is 3.